The lowest BCUT2D eigenvalue weighted by Gasteiger charge is -2.40. The van der Waals surface area contributed by atoms with Crippen LogP contribution in [0.15, 0.2) is 11.6 Å². The van der Waals surface area contributed by atoms with Crippen molar-refractivity contribution in [2.24, 2.45) is 35.5 Å². The van der Waals surface area contributed by atoms with Crippen LogP contribution in [0.4, 0.5) is 0 Å². The van der Waals surface area contributed by atoms with E-state index >= 15 is 0 Å². The fourth-order valence-electron chi connectivity index (χ4n) is 8.56. The molecule has 14 atom stereocenters. The van der Waals surface area contributed by atoms with Gasteiger partial charge in [0.25, 0.3) is 0 Å². The lowest BCUT2D eigenvalue weighted by molar-refractivity contribution is -0.303. The van der Waals surface area contributed by atoms with E-state index in [-0.39, 0.29) is 66.4 Å². The van der Waals surface area contributed by atoms with Crippen LogP contribution < -0.4 is 0 Å². The van der Waals surface area contributed by atoms with Crippen molar-refractivity contribution in [1.82, 2.24) is 4.90 Å². The van der Waals surface area contributed by atoms with Crippen LogP contribution in [0.1, 0.15) is 78.6 Å². The zero-order valence-corrected chi connectivity index (χ0v) is 27.4. The van der Waals surface area contributed by atoms with E-state index in [1.54, 1.807) is 6.92 Å². The molecule has 4 fully saturated rings. The smallest absolute Gasteiger partial charge is 0.307 e. The Morgan fingerprint density at radius 3 is 2.47 bits per heavy atom. The third kappa shape index (κ3) is 7.65. The van der Waals surface area contributed by atoms with E-state index in [9.17, 15) is 29.7 Å². The molecule has 0 radical (unpaired) electrons. The Hall–Kier alpha value is -1.89. The van der Waals surface area contributed by atoms with Crippen molar-refractivity contribution < 1.29 is 48.7 Å². The van der Waals surface area contributed by atoms with Crippen molar-refractivity contribution >= 4 is 17.7 Å². The Labute approximate surface area is 266 Å². The topological polar surface area (TPSA) is 152 Å². The van der Waals surface area contributed by atoms with Gasteiger partial charge in [-0.2, -0.15) is 0 Å². The Morgan fingerprint density at radius 2 is 1.73 bits per heavy atom. The Morgan fingerprint density at radius 1 is 0.978 bits per heavy atom. The highest BCUT2D eigenvalue weighted by atomic mass is 16.7. The minimum Gasteiger partial charge on any atom is -0.463 e. The number of carbonyl (C=O) groups is 3. The zero-order chi connectivity index (χ0) is 32.6. The number of aliphatic hydroxyl groups is 3. The Balaban J connectivity index is 1.34. The number of nitrogens with zero attached hydrogens (tertiary/aromatic N) is 1. The maximum Gasteiger partial charge on any atom is 0.307 e. The third-order valence-electron chi connectivity index (χ3n) is 11.1. The van der Waals surface area contributed by atoms with E-state index < -0.39 is 42.7 Å². The number of hydrogen-bond donors (Lipinski definition) is 3. The van der Waals surface area contributed by atoms with Crippen molar-refractivity contribution in [3.63, 3.8) is 0 Å². The Kier molecular flexibility index (Phi) is 11.1. The van der Waals surface area contributed by atoms with Gasteiger partial charge >= 0.3 is 11.9 Å². The summed E-state index contributed by atoms with van der Waals surface area (Å²) in [7, 11) is 3.80. The monoisotopic (exact) mass is 635 g/mol. The molecule has 11 heteroatoms. The second kappa shape index (κ2) is 14.5. The molecule has 2 saturated carbocycles. The maximum absolute atomic E-state index is 14.2. The molecule has 3 aliphatic carbocycles. The van der Waals surface area contributed by atoms with Crippen LogP contribution in [0.25, 0.3) is 0 Å². The van der Waals surface area contributed by atoms with Crippen molar-refractivity contribution in [2.75, 3.05) is 20.6 Å². The first-order chi connectivity index (χ1) is 21.3. The van der Waals surface area contributed by atoms with Crippen LogP contribution in [0.5, 0.6) is 0 Å². The number of ketones is 1. The molecule has 5 aliphatic rings. The molecule has 2 saturated heterocycles. The first-order valence-electron chi connectivity index (χ1n) is 17.0. The average Bonchev–Trinajstić information content (AvgIpc) is 3.56. The number of allylic oxidation sites excluding steroid dienone is 2. The summed E-state index contributed by atoms with van der Waals surface area (Å²) >= 11 is 0. The molecule has 45 heavy (non-hydrogen) atoms. The van der Waals surface area contributed by atoms with Gasteiger partial charge in [-0.25, -0.2) is 0 Å². The highest BCUT2D eigenvalue weighted by Gasteiger charge is 2.53. The predicted octanol–water partition coefficient (Wildman–Crippen LogP) is 2.38. The molecule has 0 aromatic carbocycles. The number of cyclic esters (lactones) is 1. The van der Waals surface area contributed by atoms with E-state index in [4.69, 9.17) is 18.9 Å². The third-order valence-corrected chi connectivity index (χ3v) is 11.1. The van der Waals surface area contributed by atoms with Gasteiger partial charge in [-0.1, -0.05) is 13.0 Å². The first-order valence-corrected chi connectivity index (χ1v) is 17.0. The van der Waals surface area contributed by atoms with Crippen molar-refractivity contribution in [3.8, 4) is 0 Å². The molecule has 9 unspecified atom stereocenters. The summed E-state index contributed by atoms with van der Waals surface area (Å²) in [5.74, 6) is -0.625. The summed E-state index contributed by atoms with van der Waals surface area (Å²) in [6.45, 7) is 5.95. The van der Waals surface area contributed by atoms with Gasteiger partial charge in [0.15, 0.2) is 12.1 Å². The van der Waals surface area contributed by atoms with E-state index in [1.807, 2.05) is 32.8 Å². The van der Waals surface area contributed by atoms with Crippen LogP contribution in [0, 0.1) is 35.5 Å². The fourth-order valence-corrected chi connectivity index (χ4v) is 8.56. The minimum absolute atomic E-state index is 0.0520. The van der Waals surface area contributed by atoms with E-state index in [0.29, 0.717) is 43.7 Å². The normalized spacial score (nSPS) is 44.2. The molecule has 11 nitrogen and oxygen atoms in total. The molecule has 3 N–H and O–H groups in total. The first kappa shape index (κ1) is 34.4. The molecule has 0 aromatic rings. The van der Waals surface area contributed by atoms with E-state index in [0.717, 1.165) is 19.3 Å². The number of Topliss-reactive ketones (excluding diaryl/α,β-unsaturated/α-hetero) is 1. The SMILES string of the molecule is CC1CCCC(OC(=O)CCN(C)C)C(C)C(=O)C2=CC3C4CC(O[C@@H]5O[C@@H](C)[C@H](O)[C@@H](O)[C@H]5O)CC4CCC3C2CC(=O)O1. The molecule has 0 spiro atoms. The predicted molar refractivity (Wildman–Crippen MR) is 162 cm³/mol. The lowest BCUT2D eigenvalue weighted by atomic mass is 9.66. The quantitative estimate of drug-likeness (QED) is 0.369. The van der Waals surface area contributed by atoms with E-state index in [1.165, 1.54) is 0 Å². The summed E-state index contributed by atoms with van der Waals surface area (Å²) in [5.41, 5.74) is 0.666. The number of rotatable bonds is 6. The second-order valence-corrected chi connectivity index (χ2v) is 14.6. The second-order valence-electron chi connectivity index (χ2n) is 14.6. The minimum atomic E-state index is -1.35. The lowest BCUT2D eigenvalue weighted by Crippen LogP contribution is -2.57. The van der Waals surface area contributed by atoms with Gasteiger partial charge < -0.3 is 39.2 Å². The van der Waals surface area contributed by atoms with Gasteiger partial charge in [-0.05, 0) is 102 Å². The number of aliphatic hydroxyl groups excluding tert-OH is 3. The number of fused-ring (bicyclic) bond motifs is 5. The summed E-state index contributed by atoms with van der Waals surface area (Å²) in [4.78, 5) is 42.0. The Bertz CT molecular complexity index is 1110. The largest absolute Gasteiger partial charge is 0.463 e. The molecule has 2 aliphatic heterocycles. The van der Waals surface area contributed by atoms with Crippen LogP contribution in [-0.2, 0) is 33.3 Å². The molecule has 0 bridgehead atoms. The highest BCUT2D eigenvalue weighted by molar-refractivity contribution is 5.99. The molecule has 2 heterocycles. The number of ether oxygens (including phenoxy) is 4. The molecule has 254 valence electrons. The van der Waals surface area contributed by atoms with Crippen molar-refractivity contribution in [2.45, 2.75) is 128 Å². The van der Waals surface area contributed by atoms with Gasteiger partial charge in [0.2, 0.25) is 0 Å². The van der Waals surface area contributed by atoms with Crippen molar-refractivity contribution in [1.29, 1.82) is 0 Å². The summed E-state index contributed by atoms with van der Waals surface area (Å²) in [5, 5.41) is 30.8. The summed E-state index contributed by atoms with van der Waals surface area (Å²) in [6, 6.07) is 0. The summed E-state index contributed by atoms with van der Waals surface area (Å²) in [6.07, 6.45) is 1.02. The van der Waals surface area contributed by atoms with Crippen LogP contribution in [-0.4, -0.2) is 108 Å². The van der Waals surface area contributed by atoms with E-state index in [2.05, 4.69) is 6.08 Å². The molecule has 5 rings (SSSR count). The summed E-state index contributed by atoms with van der Waals surface area (Å²) < 4.78 is 23.6. The van der Waals surface area contributed by atoms with Gasteiger partial charge in [0.05, 0.1) is 37.1 Å². The number of carbonyl (C=O) groups excluding carboxylic acids is 3. The highest BCUT2D eigenvalue weighted by Crippen LogP contribution is 2.56. The number of hydrogen-bond acceptors (Lipinski definition) is 11. The van der Waals surface area contributed by atoms with Gasteiger partial charge in [0, 0.05) is 12.5 Å². The van der Waals surface area contributed by atoms with Gasteiger partial charge in [-0.3, -0.25) is 14.4 Å². The maximum atomic E-state index is 14.2. The van der Waals surface area contributed by atoms with Gasteiger partial charge in [0.1, 0.15) is 24.4 Å². The van der Waals surface area contributed by atoms with Crippen LogP contribution in [0.2, 0.25) is 0 Å². The fraction of sp³-hybridized carbons (Fsp3) is 0.853. The van der Waals surface area contributed by atoms with Gasteiger partial charge in [-0.15, -0.1) is 0 Å². The average molecular weight is 636 g/mol. The molecule has 0 aromatic heterocycles. The van der Waals surface area contributed by atoms with Crippen LogP contribution >= 0.6 is 0 Å². The van der Waals surface area contributed by atoms with Crippen molar-refractivity contribution in [3.05, 3.63) is 11.6 Å². The molecular formula is C34H53NO10. The molecule has 0 amide bonds. The molecular weight excluding hydrogens is 582 g/mol. The van der Waals surface area contributed by atoms with Crippen LogP contribution in [0.3, 0.4) is 0 Å². The number of esters is 2. The zero-order valence-electron chi connectivity index (χ0n) is 27.4. The standard InChI is InChI=1S/C34H53NO10/c1-17-7-6-8-27(45-28(36)11-12-35(4)5)18(2)30(38)26-15-24-22(25(26)16-29(37)42-17)10-9-20-13-21(14-23(20)24)44-34-33(41)32(40)31(39)19(3)43-34/h15,17-25,27,31-34,39-41H,6-14,16H2,1-5H3/t17?,18?,19-,20?,21?,22?,23?,24?,25?,27?,31-,32+,33+,34-/m0/s1.